The molecule has 2 N–H and O–H groups in total. The molecule has 32 heavy (non-hydrogen) atoms. The summed E-state index contributed by atoms with van der Waals surface area (Å²) < 4.78 is 5.09. The lowest BCUT2D eigenvalue weighted by molar-refractivity contribution is -0.145. The lowest BCUT2D eigenvalue weighted by Gasteiger charge is -2.24. The number of ether oxygens (including phenoxy) is 1. The number of hydrogen-bond acceptors (Lipinski definition) is 5. The molecule has 1 heterocycles. The van der Waals surface area contributed by atoms with Crippen molar-refractivity contribution < 1.29 is 23.9 Å². The fourth-order valence-corrected chi connectivity index (χ4v) is 3.67. The van der Waals surface area contributed by atoms with Gasteiger partial charge in [-0.3, -0.25) is 19.2 Å². The number of amides is 3. The standard InChI is InChI=1S/C24H35N3O5/c1-2-3-4-5-9-14-22(29)27-15-10-13-20(27)24(31)26-16-21(28)25-17-23(30)32-18-19-11-7-6-8-12-19/h6-8,11-12,20H,2-5,9-10,13-18H2,1H3,(H,25,28)(H,26,31). The van der Waals surface area contributed by atoms with Crippen LogP contribution in [0.15, 0.2) is 30.3 Å². The summed E-state index contributed by atoms with van der Waals surface area (Å²) in [5.41, 5.74) is 0.857. The van der Waals surface area contributed by atoms with Gasteiger partial charge in [-0.1, -0.05) is 62.9 Å². The molecule has 1 saturated heterocycles. The van der Waals surface area contributed by atoms with Crippen molar-refractivity contribution in [2.24, 2.45) is 0 Å². The van der Waals surface area contributed by atoms with Gasteiger partial charge in [0.15, 0.2) is 0 Å². The van der Waals surface area contributed by atoms with Crippen molar-refractivity contribution in [3.63, 3.8) is 0 Å². The van der Waals surface area contributed by atoms with Crippen molar-refractivity contribution >= 4 is 23.7 Å². The fraction of sp³-hybridized carbons (Fsp3) is 0.583. The maximum absolute atomic E-state index is 12.5. The van der Waals surface area contributed by atoms with Crippen molar-refractivity contribution in [1.82, 2.24) is 15.5 Å². The first kappa shape index (κ1) is 25.4. The highest BCUT2D eigenvalue weighted by atomic mass is 16.5. The van der Waals surface area contributed by atoms with E-state index in [1.165, 1.54) is 6.42 Å². The van der Waals surface area contributed by atoms with Crippen molar-refractivity contribution in [3.8, 4) is 0 Å². The average Bonchev–Trinajstić information content (AvgIpc) is 3.30. The minimum Gasteiger partial charge on any atom is -0.460 e. The molecule has 0 saturated carbocycles. The van der Waals surface area contributed by atoms with Crippen molar-refractivity contribution in [3.05, 3.63) is 35.9 Å². The molecule has 0 bridgehead atoms. The van der Waals surface area contributed by atoms with Gasteiger partial charge in [-0.15, -0.1) is 0 Å². The van der Waals surface area contributed by atoms with Gasteiger partial charge in [0.2, 0.25) is 17.7 Å². The largest absolute Gasteiger partial charge is 0.460 e. The van der Waals surface area contributed by atoms with Gasteiger partial charge in [0.25, 0.3) is 0 Å². The Balaban J connectivity index is 1.64. The molecule has 1 atom stereocenters. The Labute approximate surface area is 190 Å². The van der Waals surface area contributed by atoms with Crippen molar-refractivity contribution in [2.75, 3.05) is 19.6 Å². The maximum Gasteiger partial charge on any atom is 0.325 e. The number of likely N-dealkylation sites (tertiary alicyclic amines) is 1. The predicted octanol–water partition coefficient (Wildman–Crippen LogP) is 2.31. The average molecular weight is 446 g/mol. The van der Waals surface area contributed by atoms with E-state index in [2.05, 4.69) is 17.6 Å². The lowest BCUT2D eigenvalue weighted by atomic mass is 10.1. The summed E-state index contributed by atoms with van der Waals surface area (Å²) in [6.07, 6.45) is 7.16. The van der Waals surface area contributed by atoms with Crippen LogP contribution in [0.1, 0.15) is 63.9 Å². The number of hydrogen-bond donors (Lipinski definition) is 2. The molecule has 1 aromatic carbocycles. The predicted molar refractivity (Wildman–Crippen MR) is 120 cm³/mol. The van der Waals surface area contributed by atoms with Gasteiger partial charge in [-0.25, -0.2) is 0 Å². The summed E-state index contributed by atoms with van der Waals surface area (Å²) in [6.45, 7) is 2.34. The van der Waals surface area contributed by atoms with Gasteiger partial charge in [0.05, 0.1) is 6.54 Å². The molecule has 1 aliphatic rings. The number of nitrogens with zero attached hydrogens (tertiary/aromatic N) is 1. The molecule has 1 aliphatic heterocycles. The number of esters is 1. The molecule has 0 radical (unpaired) electrons. The molecular formula is C24H35N3O5. The van der Waals surface area contributed by atoms with E-state index in [4.69, 9.17) is 4.74 Å². The smallest absolute Gasteiger partial charge is 0.325 e. The number of carbonyl (C=O) groups excluding carboxylic acids is 4. The molecule has 1 aromatic rings. The van der Waals surface area contributed by atoms with Crippen LogP contribution in [0.5, 0.6) is 0 Å². The zero-order valence-electron chi connectivity index (χ0n) is 18.9. The molecule has 2 rings (SSSR count). The van der Waals surface area contributed by atoms with E-state index in [9.17, 15) is 19.2 Å². The van der Waals surface area contributed by atoms with Crippen LogP contribution in [0.4, 0.5) is 0 Å². The Bertz CT molecular complexity index is 753. The molecule has 0 spiro atoms. The summed E-state index contributed by atoms with van der Waals surface area (Å²) in [7, 11) is 0. The van der Waals surface area contributed by atoms with Gasteiger partial charge >= 0.3 is 5.97 Å². The second-order valence-electron chi connectivity index (χ2n) is 8.05. The summed E-state index contributed by atoms with van der Waals surface area (Å²) in [6, 6.07) is 8.72. The van der Waals surface area contributed by atoms with E-state index in [0.29, 0.717) is 19.4 Å². The van der Waals surface area contributed by atoms with Gasteiger partial charge < -0.3 is 20.3 Å². The second-order valence-corrected chi connectivity index (χ2v) is 8.05. The normalized spacial score (nSPS) is 15.3. The Kier molecular flexibility index (Phi) is 11.3. The molecule has 8 nitrogen and oxygen atoms in total. The summed E-state index contributed by atoms with van der Waals surface area (Å²) >= 11 is 0. The third-order valence-electron chi connectivity index (χ3n) is 5.47. The monoisotopic (exact) mass is 445 g/mol. The highest BCUT2D eigenvalue weighted by Gasteiger charge is 2.33. The highest BCUT2D eigenvalue weighted by molar-refractivity contribution is 5.91. The number of carbonyl (C=O) groups is 4. The minimum absolute atomic E-state index is 0.00441. The van der Waals surface area contributed by atoms with E-state index in [1.54, 1.807) is 4.90 Å². The summed E-state index contributed by atoms with van der Waals surface area (Å²) in [5, 5.41) is 5.01. The van der Waals surface area contributed by atoms with Crippen LogP contribution in [0, 0.1) is 0 Å². The number of rotatable bonds is 13. The van der Waals surface area contributed by atoms with Crippen LogP contribution in [0.3, 0.4) is 0 Å². The maximum atomic E-state index is 12.5. The molecule has 3 amide bonds. The van der Waals surface area contributed by atoms with Gasteiger partial charge in [0, 0.05) is 13.0 Å². The topological polar surface area (TPSA) is 105 Å². The Hall–Kier alpha value is -2.90. The van der Waals surface area contributed by atoms with Crippen molar-refractivity contribution in [2.45, 2.75) is 70.9 Å². The van der Waals surface area contributed by atoms with Gasteiger partial charge in [-0.2, -0.15) is 0 Å². The first-order valence-corrected chi connectivity index (χ1v) is 11.5. The third kappa shape index (κ3) is 9.08. The lowest BCUT2D eigenvalue weighted by Crippen LogP contribution is -2.48. The highest BCUT2D eigenvalue weighted by Crippen LogP contribution is 2.19. The zero-order valence-corrected chi connectivity index (χ0v) is 18.9. The van der Waals surface area contributed by atoms with Crippen LogP contribution >= 0.6 is 0 Å². The van der Waals surface area contributed by atoms with Crippen LogP contribution < -0.4 is 10.6 Å². The quantitative estimate of drug-likeness (QED) is 0.358. The molecule has 8 heteroatoms. The molecule has 1 unspecified atom stereocenters. The third-order valence-corrected chi connectivity index (χ3v) is 5.47. The number of nitrogens with one attached hydrogen (secondary N) is 2. The Morgan fingerprint density at radius 3 is 2.50 bits per heavy atom. The SMILES string of the molecule is CCCCCCCC(=O)N1CCCC1C(=O)NCC(=O)NCC(=O)OCc1ccccc1. The van der Waals surface area contributed by atoms with Gasteiger partial charge in [0.1, 0.15) is 19.2 Å². The first-order chi connectivity index (χ1) is 15.5. The molecule has 1 fully saturated rings. The van der Waals surface area contributed by atoms with E-state index in [1.807, 2.05) is 30.3 Å². The molecular weight excluding hydrogens is 410 g/mol. The Morgan fingerprint density at radius 1 is 1.00 bits per heavy atom. The van der Waals surface area contributed by atoms with E-state index >= 15 is 0 Å². The molecule has 0 aromatic heterocycles. The number of benzene rings is 1. The van der Waals surface area contributed by atoms with Crippen LogP contribution in [-0.2, 0) is 30.5 Å². The first-order valence-electron chi connectivity index (χ1n) is 11.5. The minimum atomic E-state index is -0.556. The van der Waals surface area contributed by atoms with Crippen molar-refractivity contribution in [1.29, 1.82) is 0 Å². The van der Waals surface area contributed by atoms with Crippen LogP contribution in [0.25, 0.3) is 0 Å². The van der Waals surface area contributed by atoms with Crippen LogP contribution in [-0.4, -0.2) is 54.3 Å². The number of unbranched alkanes of at least 4 members (excludes halogenated alkanes) is 4. The fourth-order valence-electron chi connectivity index (χ4n) is 3.67. The van der Waals surface area contributed by atoms with Crippen LogP contribution in [0.2, 0.25) is 0 Å². The Morgan fingerprint density at radius 2 is 1.75 bits per heavy atom. The zero-order chi connectivity index (χ0) is 23.2. The van der Waals surface area contributed by atoms with Gasteiger partial charge in [-0.05, 0) is 24.8 Å². The second kappa shape index (κ2) is 14.2. The van der Waals surface area contributed by atoms with E-state index in [0.717, 1.165) is 37.7 Å². The summed E-state index contributed by atoms with van der Waals surface area (Å²) in [4.78, 5) is 50.4. The molecule has 176 valence electrons. The molecule has 0 aliphatic carbocycles. The van der Waals surface area contributed by atoms with E-state index < -0.39 is 17.9 Å². The summed E-state index contributed by atoms with van der Waals surface area (Å²) in [5.74, 6) is -1.37. The van der Waals surface area contributed by atoms with E-state index in [-0.39, 0.29) is 31.5 Å².